The van der Waals surface area contributed by atoms with Crippen LogP contribution in [0.1, 0.15) is 20.3 Å². The molecule has 0 aromatic rings. The Morgan fingerprint density at radius 3 is 2.73 bits per heavy atom. The zero-order chi connectivity index (χ0) is 11.3. The van der Waals surface area contributed by atoms with Gasteiger partial charge in [0.05, 0.1) is 24.2 Å². The van der Waals surface area contributed by atoms with Crippen molar-refractivity contribution in [2.24, 2.45) is 5.92 Å². The second-order valence-corrected chi connectivity index (χ2v) is 6.62. The molecule has 0 bridgehead atoms. The highest BCUT2D eigenvalue weighted by molar-refractivity contribution is 7.91. The Bertz CT molecular complexity index is 274. The highest BCUT2D eigenvalue weighted by Gasteiger charge is 2.27. The molecule has 1 fully saturated rings. The maximum Gasteiger partial charge on any atom is 0.150 e. The van der Waals surface area contributed by atoms with E-state index in [9.17, 15) is 8.42 Å². The lowest BCUT2D eigenvalue weighted by Crippen LogP contribution is -2.27. The average Bonchev–Trinajstić information content (AvgIpc) is 2.44. The predicted octanol–water partition coefficient (Wildman–Crippen LogP) is 0.436. The van der Waals surface area contributed by atoms with Gasteiger partial charge in [0.25, 0.3) is 0 Å². The number of nitrogens with one attached hydrogen (secondary N) is 1. The Balaban J connectivity index is 2.02. The van der Waals surface area contributed by atoms with Crippen LogP contribution in [0.5, 0.6) is 0 Å². The average molecular weight is 235 g/mol. The fourth-order valence-electron chi connectivity index (χ4n) is 1.71. The molecule has 0 spiro atoms. The van der Waals surface area contributed by atoms with E-state index in [1.165, 1.54) is 0 Å². The van der Waals surface area contributed by atoms with E-state index in [1.54, 1.807) is 0 Å². The van der Waals surface area contributed by atoms with Crippen LogP contribution in [0.15, 0.2) is 0 Å². The first-order valence-corrected chi connectivity index (χ1v) is 7.34. The number of ether oxygens (including phenoxy) is 1. The normalized spacial score (nSPS) is 24.9. The van der Waals surface area contributed by atoms with Crippen molar-refractivity contribution in [1.82, 2.24) is 5.32 Å². The third kappa shape index (κ3) is 5.49. The number of rotatable bonds is 6. The minimum Gasteiger partial charge on any atom is -0.377 e. The maximum atomic E-state index is 11.2. The molecule has 0 aromatic carbocycles. The largest absolute Gasteiger partial charge is 0.377 e. The Labute approximate surface area is 92.3 Å². The molecule has 4 nitrogen and oxygen atoms in total. The second kappa shape index (κ2) is 5.82. The summed E-state index contributed by atoms with van der Waals surface area (Å²) in [6.07, 6.45) is 1.07. The maximum absolute atomic E-state index is 11.2. The molecule has 0 aliphatic carbocycles. The molecule has 1 saturated heterocycles. The smallest absolute Gasteiger partial charge is 0.150 e. The van der Waals surface area contributed by atoms with Crippen molar-refractivity contribution < 1.29 is 13.2 Å². The number of hydrogen-bond acceptors (Lipinski definition) is 4. The monoisotopic (exact) mass is 235 g/mol. The van der Waals surface area contributed by atoms with Crippen molar-refractivity contribution in [2.45, 2.75) is 26.4 Å². The highest BCUT2D eigenvalue weighted by Crippen LogP contribution is 2.17. The van der Waals surface area contributed by atoms with Crippen molar-refractivity contribution in [3.8, 4) is 0 Å². The minimum atomic E-state index is -2.72. The predicted molar refractivity (Wildman–Crippen MR) is 60.7 cm³/mol. The van der Waals surface area contributed by atoms with Crippen LogP contribution in [-0.2, 0) is 14.6 Å². The van der Waals surface area contributed by atoms with Crippen LogP contribution >= 0.6 is 0 Å². The van der Waals surface area contributed by atoms with Crippen LogP contribution in [0.4, 0.5) is 0 Å². The van der Waals surface area contributed by atoms with Crippen molar-refractivity contribution in [2.75, 3.05) is 31.2 Å². The third-order valence-electron chi connectivity index (χ3n) is 2.49. The molecule has 1 aliphatic rings. The molecule has 90 valence electrons. The molecule has 0 radical (unpaired) electrons. The SMILES string of the molecule is CC(C)OCCNCC1CCS(=O)(=O)C1. The first-order valence-electron chi connectivity index (χ1n) is 5.52. The summed E-state index contributed by atoms with van der Waals surface area (Å²) in [7, 11) is -2.72. The molecule has 0 amide bonds. The van der Waals surface area contributed by atoms with E-state index in [2.05, 4.69) is 5.32 Å². The first kappa shape index (κ1) is 12.9. The summed E-state index contributed by atoms with van der Waals surface area (Å²) in [4.78, 5) is 0. The lowest BCUT2D eigenvalue weighted by molar-refractivity contribution is 0.0805. The van der Waals surface area contributed by atoms with E-state index in [0.717, 1.165) is 19.5 Å². The van der Waals surface area contributed by atoms with E-state index in [4.69, 9.17) is 4.74 Å². The highest BCUT2D eigenvalue weighted by atomic mass is 32.2. The zero-order valence-corrected chi connectivity index (χ0v) is 10.3. The van der Waals surface area contributed by atoms with E-state index in [-0.39, 0.29) is 6.10 Å². The summed E-state index contributed by atoms with van der Waals surface area (Å²) in [6, 6.07) is 0. The molecule has 1 aliphatic heterocycles. The molecule has 0 aromatic heterocycles. The Morgan fingerprint density at radius 2 is 2.20 bits per heavy atom. The van der Waals surface area contributed by atoms with Crippen molar-refractivity contribution in [3.63, 3.8) is 0 Å². The van der Waals surface area contributed by atoms with Crippen LogP contribution < -0.4 is 5.32 Å². The standard InChI is InChI=1S/C10H21NO3S/c1-9(2)14-5-4-11-7-10-3-6-15(12,13)8-10/h9-11H,3-8H2,1-2H3. The van der Waals surface area contributed by atoms with Gasteiger partial charge in [-0.2, -0.15) is 0 Å². The van der Waals surface area contributed by atoms with Crippen LogP contribution in [-0.4, -0.2) is 45.7 Å². The van der Waals surface area contributed by atoms with E-state index >= 15 is 0 Å². The van der Waals surface area contributed by atoms with Crippen molar-refractivity contribution in [1.29, 1.82) is 0 Å². The van der Waals surface area contributed by atoms with Gasteiger partial charge in [0, 0.05) is 6.54 Å². The van der Waals surface area contributed by atoms with Crippen molar-refractivity contribution >= 4 is 9.84 Å². The Hall–Kier alpha value is -0.130. The van der Waals surface area contributed by atoms with Gasteiger partial charge in [-0.3, -0.25) is 0 Å². The van der Waals surface area contributed by atoms with E-state index in [1.807, 2.05) is 13.8 Å². The molecule has 1 atom stereocenters. The van der Waals surface area contributed by atoms with Crippen LogP contribution in [0.25, 0.3) is 0 Å². The lowest BCUT2D eigenvalue weighted by Gasteiger charge is -2.11. The van der Waals surface area contributed by atoms with Gasteiger partial charge in [0.1, 0.15) is 0 Å². The summed E-state index contributed by atoms with van der Waals surface area (Å²) in [6.45, 7) is 6.29. The molecular weight excluding hydrogens is 214 g/mol. The number of hydrogen-bond donors (Lipinski definition) is 1. The summed E-state index contributed by atoms with van der Waals surface area (Å²) in [5.41, 5.74) is 0. The fraction of sp³-hybridized carbons (Fsp3) is 1.00. The van der Waals surface area contributed by atoms with Crippen LogP contribution in [0.3, 0.4) is 0 Å². The van der Waals surface area contributed by atoms with Crippen molar-refractivity contribution in [3.05, 3.63) is 0 Å². The summed E-state index contributed by atoms with van der Waals surface area (Å²) < 4.78 is 27.7. The molecule has 5 heteroatoms. The molecule has 15 heavy (non-hydrogen) atoms. The number of sulfone groups is 1. The van der Waals surface area contributed by atoms with Gasteiger partial charge >= 0.3 is 0 Å². The zero-order valence-electron chi connectivity index (χ0n) is 9.53. The summed E-state index contributed by atoms with van der Waals surface area (Å²) >= 11 is 0. The van der Waals surface area contributed by atoms with Gasteiger partial charge in [0.2, 0.25) is 0 Å². The molecule has 1 rings (SSSR count). The molecule has 1 unspecified atom stereocenters. The molecular formula is C10H21NO3S. The van der Waals surface area contributed by atoms with E-state index < -0.39 is 9.84 Å². The third-order valence-corrected chi connectivity index (χ3v) is 4.33. The van der Waals surface area contributed by atoms with Gasteiger partial charge in [-0.15, -0.1) is 0 Å². The minimum absolute atomic E-state index is 0.263. The summed E-state index contributed by atoms with van der Waals surface area (Å²) in [5.74, 6) is 1.02. The molecule has 0 saturated carbocycles. The van der Waals surface area contributed by atoms with Crippen LogP contribution in [0, 0.1) is 5.92 Å². The van der Waals surface area contributed by atoms with Crippen LogP contribution in [0.2, 0.25) is 0 Å². The second-order valence-electron chi connectivity index (χ2n) is 4.39. The first-order chi connectivity index (χ1) is 6.99. The molecule has 1 N–H and O–H groups in total. The lowest BCUT2D eigenvalue weighted by atomic mass is 10.1. The van der Waals surface area contributed by atoms with Gasteiger partial charge in [-0.05, 0) is 32.7 Å². The quantitative estimate of drug-likeness (QED) is 0.679. The van der Waals surface area contributed by atoms with Gasteiger partial charge in [0.15, 0.2) is 9.84 Å². The Kier molecular flexibility index (Phi) is 5.02. The van der Waals surface area contributed by atoms with Gasteiger partial charge < -0.3 is 10.1 Å². The fourth-order valence-corrected chi connectivity index (χ4v) is 3.57. The van der Waals surface area contributed by atoms with Gasteiger partial charge in [-0.25, -0.2) is 8.42 Å². The van der Waals surface area contributed by atoms with E-state index in [0.29, 0.717) is 24.0 Å². The topological polar surface area (TPSA) is 55.4 Å². The van der Waals surface area contributed by atoms with Gasteiger partial charge in [-0.1, -0.05) is 0 Å². The Morgan fingerprint density at radius 1 is 1.47 bits per heavy atom. The summed E-state index contributed by atoms with van der Waals surface area (Å²) in [5, 5.41) is 3.23. The molecule has 1 heterocycles.